The van der Waals surface area contributed by atoms with Crippen molar-refractivity contribution in [1.82, 2.24) is 4.90 Å². The molecule has 1 N–H and O–H groups in total. The van der Waals surface area contributed by atoms with Crippen LogP contribution in [-0.4, -0.2) is 35.0 Å². The second-order valence-corrected chi connectivity index (χ2v) is 2.46. The number of carboxylic acid groups (broad SMARTS) is 1. The van der Waals surface area contributed by atoms with Gasteiger partial charge in [-0.25, -0.2) is 0 Å². The third-order valence-electron chi connectivity index (χ3n) is 1.67. The van der Waals surface area contributed by atoms with E-state index in [1.165, 1.54) is 0 Å². The standard InChI is InChI=1S/C8H15NO3/c1-3-9(4-2)7(10)5-6-8(11)12/h3-6H2,1-2H3,(H,11,12). The van der Waals surface area contributed by atoms with E-state index in [9.17, 15) is 9.59 Å². The van der Waals surface area contributed by atoms with Crippen molar-refractivity contribution >= 4 is 11.9 Å². The molecular weight excluding hydrogens is 158 g/mol. The van der Waals surface area contributed by atoms with Crippen LogP contribution in [0.25, 0.3) is 0 Å². The van der Waals surface area contributed by atoms with Crippen molar-refractivity contribution in [3.63, 3.8) is 0 Å². The third-order valence-corrected chi connectivity index (χ3v) is 1.67. The summed E-state index contributed by atoms with van der Waals surface area (Å²) in [7, 11) is 0. The molecular formula is C8H15NO3. The van der Waals surface area contributed by atoms with Gasteiger partial charge in [0.15, 0.2) is 0 Å². The molecule has 0 aliphatic heterocycles. The Balaban J connectivity index is 3.77. The SMILES string of the molecule is CCN(CC)C(=O)CCC(=O)O. The van der Waals surface area contributed by atoms with E-state index in [4.69, 9.17) is 5.11 Å². The number of rotatable bonds is 5. The van der Waals surface area contributed by atoms with Gasteiger partial charge in [0.2, 0.25) is 5.91 Å². The topological polar surface area (TPSA) is 57.6 Å². The molecule has 4 heteroatoms. The summed E-state index contributed by atoms with van der Waals surface area (Å²) in [5.74, 6) is -1.00. The normalized spacial score (nSPS) is 9.50. The maximum absolute atomic E-state index is 11.2. The number of aliphatic carboxylic acids is 1. The zero-order chi connectivity index (χ0) is 9.56. The Morgan fingerprint density at radius 1 is 1.17 bits per heavy atom. The van der Waals surface area contributed by atoms with Crippen LogP contribution in [0.15, 0.2) is 0 Å². The molecule has 0 heterocycles. The molecule has 0 radical (unpaired) electrons. The van der Waals surface area contributed by atoms with E-state index in [1.807, 2.05) is 13.8 Å². The van der Waals surface area contributed by atoms with Crippen LogP contribution in [0.4, 0.5) is 0 Å². The minimum absolute atomic E-state index is 0.0741. The summed E-state index contributed by atoms with van der Waals surface area (Å²) < 4.78 is 0. The molecule has 0 aromatic carbocycles. The molecule has 0 unspecified atom stereocenters. The van der Waals surface area contributed by atoms with Crippen LogP contribution in [-0.2, 0) is 9.59 Å². The molecule has 0 rings (SSSR count). The van der Waals surface area contributed by atoms with E-state index in [0.717, 1.165) is 0 Å². The Hall–Kier alpha value is -1.06. The van der Waals surface area contributed by atoms with Crippen molar-refractivity contribution in [2.24, 2.45) is 0 Å². The highest BCUT2D eigenvalue weighted by atomic mass is 16.4. The lowest BCUT2D eigenvalue weighted by atomic mass is 10.3. The first-order valence-corrected chi connectivity index (χ1v) is 4.11. The third kappa shape index (κ3) is 3.95. The summed E-state index contributed by atoms with van der Waals surface area (Å²) in [6.07, 6.45) is 0.0341. The smallest absolute Gasteiger partial charge is 0.303 e. The van der Waals surface area contributed by atoms with Gasteiger partial charge >= 0.3 is 5.97 Å². The van der Waals surface area contributed by atoms with E-state index in [2.05, 4.69) is 0 Å². The Bertz CT molecular complexity index is 164. The van der Waals surface area contributed by atoms with Gasteiger partial charge in [-0.1, -0.05) is 0 Å². The van der Waals surface area contributed by atoms with E-state index >= 15 is 0 Å². The van der Waals surface area contributed by atoms with Crippen LogP contribution < -0.4 is 0 Å². The number of nitrogens with zero attached hydrogens (tertiary/aromatic N) is 1. The van der Waals surface area contributed by atoms with E-state index in [1.54, 1.807) is 4.90 Å². The first-order valence-electron chi connectivity index (χ1n) is 4.11. The minimum atomic E-state index is -0.921. The first-order chi connectivity index (χ1) is 5.61. The highest BCUT2D eigenvalue weighted by Gasteiger charge is 2.10. The van der Waals surface area contributed by atoms with Crippen LogP contribution in [0.3, 0.4) is 0 Å². The lowest BCUT2D eigenvalue weighted by Gasteiger charge is -2.17. The van der Waals surface area contributed by atoms with Gasteiger partial charge in [-0.05, 0) is 13.8 Å². The quantitative estimate of drug-likeness (QED) is 0.666. The minimum Gasteiger partial charge on any atom is -0.481 e. The molecule has 1 amide bonds. The fourth-order valence-electron chi connectivity index (χ4n) is 0.948. The van der Waals surface area contributed by atoms with Crippen LogP contribution in [0.2, 0.25) is 0 Å². The van der Waals surface area contributed by atoms with E-state index in [-0.39, 0.29) is 18.7 Å². The Kier molecular flexibility index (Phi) is 5.08. The molecule has 70 valence electrons. The van der Waals surface area contributed by atoms with Crippen molar-refractivity contribution < 1.29 is 14.7 Å². The van der Waals surface area contributed by atoms with Crippen molar-refractivity contribution in [3.05, 3.63) is 0 Å². The first kappa shape index (κ1) is 10.9. The lowest BCUT2D eigenvalue weighted by Crippen LogP contribution is -2.30. The van der Waals surface area contributed by atoms with Crippen molar-refractivity contribution in [1.29, 1.82) is 0 Å². The van der Waals surface area contributed by atoms with Gasteiger partial charge < -0.3 is 10.0 Å². The van der Waals surface area contributed by atoms with Crippen LogP contribution >= 0.6 is 0 Å². The highest BCUT2D eigenvalue weighted by molar-refractivity contribution is 5.80. The average molecular weight is 173 g/mol. The summed E-state index contributed by atoms with van der Waals surface area (Å²) >= 11 is 0. The summed E-state index contributed by atoms with van der Waals surface area (Å²) in [4.78, 5) is 22.9. The highest BCUT2D eigenvalue weighted by Crippen LogP contribution is 1.97. The van der Waals surface area contributed by atoms with Crippen molar-refractivity contribution in [2.45, 2.75) is 26.7 Å². The number of hydrogen-bond acceptors (Lipinski definition) is 2. The Morgan fingerprint density at radius 3 is 2.00 bits per heavy atom. The number of amides is 1. The molecule has 12 heavy (non-hydrogen) atoms. The van der Waals surface area contributed by atoms with Crippen molar-refractivity contribution in [2.75, 3.05) is 13.1 Å². The molecule has 0 bridgehead atoms. The molecule has 0 aromatic heterocycles. The lowest BCUT2D eigenvalue weighted by molar-refractivity contribution is -0.140. The summed E-state index contributed by atoms with van der Waals surface area (Å²) in [6.45, 7) is 5.05. The fourth-order valence-corrected chi connectivity index (χ4v) is 0.948. The Labute approximate surface area is 72.2 Å². The number of carboxylic acids is 1. The van der Waals surface area contributed by atoms with Gasteiger partial charge in [-0.2, -0.15) is 0 Å². The van der Waals surface area contributed by atoms with E-state index < -0.39 is 5.97 Å². The summed E-state index contributed by atoms with van der Waals surface area (Å²) in [5.41, 5.74) is 0. The monoisotopic (exact) mass is 173 g/mol. The summed E-state index contributed by atoms with van der Waals surface area (Å²) in [5, 5.41) is 8.32. The predicted octanol–water partition coefficient (Wildman–Crippen LogP) is 0.720. The average Bonchev–Trinajstić information content (AvgIpc) is 2.03. The largest absolute Gasteiger partial charge is 0.481 e. The van der Waals surface area contributed by atoms with Gasteiger partial charge in [0.1, 0.15) is 0 Å². The number of carbonyl (C=O) groups excluding carboxylic acids is 1. The van der Waals surface area contributed by atoms with Gasteiger partial charge in [0, 0.05) is 19.5 Å². The second kappa shape index (κ2) is 5.57. The molecule has 0 aromatic rings. The van der Waals surface area contributed by atoms with Gasteiger partial charge in [0.05, 0.1) is 6.42 Å². The second-order valence-electron chi connectivity index (χ2n) is 2.46. The molecule has 0 saturated heterocycles. The van der Waals surface area contributed by atoms with Crippen LogP contribution in [0.1, 0.15) is 26.7 Å². The van der Waals surface area contributed by atoms with Crippen LogP contribution in [0, 0.1) is 0 Å². The zero-order valence-electron chi connectivity index (χ0n) is 7.54. The molecule has 0 atom stereocenters. The number of carbonyl (C=O) groups is 2. The van der Waals surface area contributed by atoms with E-state index in [0.29, 0.717) is 13.1 Å². The van der Waals surface area contributed by atoms with Crippen molar-refractivity contribution in [3.8, 4) is 0 Å². The maximum Gasteiger partial charge on any atom is 0.303 e. The van der Waals surface area contributed by atoms with Gasteiger partial charge in [-0.3, -0.25) is 9.59 Å². The van der Waals surface area contributed by atoms with Crippen LogP contribution in [0.5, 0.6) is 0 Å². The molecule has 0 spiro atoms. The number of hydrogen-bond donors (Lipinski definition) is 1. The fraction of sp³-hybridized carbons (Fsp3) is 0.750. The molecule has 0 saturated carbocycles. The van der Waals surface area contributed by atoms with Gasteiger partial charge in [-0.15, -0.1) is 0 Å². The predicted molar refractivity (Wildman–Crippen MR) is 44.8 cm³/mol. The zero-order valence-corrected chi connectivity index (χ0v) is 7.54. The summed E-state index contributed by atoms with van der Waals surface area (Å²) in [6, 6.07) is 0. The maximum atomic E-state index is 11.2. The molecule has 0 aliphatic rings. The molecule has 4 nitrogen and oxygen atoms in total. The Morgan fingerprint density at radius 2 is 1.67 bits per heavy atom. The molecule has 0 aliphatic carbocycles. The van der Waals surface area contributed by atoms with Gasteiger partial charge in [0.25, 0.3) is 0 Å². The molecule has 0 fully saturated rings.